The number of nitrogens with zero attached hydrogens (tertiary/aromatic N) is 1. The number of hydrogen-bond acceptors (Lipinski definition) is 5. The van der Waals surface area contributed by atoms with Crippen LogP contribution < -0.4 is 11.5 Å². The third-order valence-electron chi connectivity index (χ3n) is 3.28. The first-order chi connectivity index (χ1) is 10.1. The average molecular weight is 293 g/mol. The van der Waals surface area contributed by atoms with Crippen molar-refractivity contribution in [2.24, 2.45) is 11.5 Å². The number of carbonyl (C=O) groups excluding carboxylic acids is 1. The summed E-state index contributed by atoms with van der Waals surface area (Å²) in [5.41, 5.74) is 13.2. The van der Waals surface area contributed by atoms with Crippen molar-refractivity contribution in [2.75, 3.05) is 33.3 Å². The van der Waals surface area contributed by atoms with Crippen LogP contribution in [0, 0.1) is 0 Å². The van der Waals surface area contributed by atoms with Gasteiger partial charge in [0.2, 0.25) is 0 Å². The lowest BCUT2D eigenvalue weighted by Gasteiger charge is -2.23. The first-order valence-electron chi connectivity index (χ1n) is 7.42. The molecule has 4 N–H and O–H groups in total. The molecule has 0 spiro atoms. The fourth-order valence-corrected chi connectivity index (χ4v) is 2.36. The van der Waals surface area contributed by atoms with E-state index in [0.717, 1.165) is 38.0 Å². The number of aryl methyl sites for hydroxylation is 1. The zero-order chi connectivity index (χ0) is 15.7. The minimum Gasteiger partial charge on any atom is -0.465 e. The van der Waals surface area contributed by atoms with Gasteiger partial charge in [0, 0.05) is 25.7 Å². The highest BCUT2D eigenvalue weighted by atomic mass is 16.5. The van der Waals surface area contributed by atoms with Gasteiger partial charge in [-0.3, -0.25) is 0 Å². The fourth-order valence-electron chi connectivity index (χ4n) is 2.36. The fraction of sp³-hybridized carbons (Fsp3) is 0.562. The van der Waals surface area contributed by atoms with Crippen molar-refractivity contribution >= 4 is 5.97 Å². The lowest BCUT2D eigenvalue weighted by molar-refractivity contribution is 0.0600. The number of nitrogens with two attached hydrogens (primary N) is 2. The van der Waals surface area contributed by atoms with Gasteiger partial charge in [0.25, 0.3) is 0 Å². The molecule has 0 saturated carbocycles. The second-order valence-corrected chi connectivity index (χ2v) is 5.36. The van der Waals surface area contributed by atoms with Gasteiger partial charge in [-0.25, -0.2) is 4.79 Å². The largest absolute Gasteiger partial charge is 0.465 e. The molecule has 1 aromatic rings. The van der Waals surface area contributed by atoms with Crippen LogP contribution in [0.1, 0.15) is 29.3 Å². The highest BCUT2D eigenvalue weighted by Gasteiger charge is 2.08. The number of benzene rings is 1. The van der Waals surface area contributed by atoms with Gasteiger partial charge in [-0.15, -0.1) is 0 Å². The van der Waals surface area contributed by atoms with E-state index in [9.17, 15) is 4.79 Å². The molecule has 0 unspecified atom stereocenters. The predicted octanol–water partition coefficient (Wildman–Crippen LogP) is 1.01. The molecule has 1 atom stereocenters. The van der Waals surface area contributed by atoms with E-state index in [2.05, 4.69) is 4.90 Å². The van der Waals surface area contributed by atoms with Crippen molar-refractivity contribution in [3.05, 3.63) is 35.4 Å². The molecular formula is C16H27N3O2. The Morgan fingerprint density at radius 1 is 1.38 bits per heavy atom. The molecule has 0 aromatic heterocycles. The number of methoxy groups -OCH3 is 1. The molecule has 0 radical (unpaired) electrons. The van der Waals surface area contributed by atoms with Crippen molar-refractivity contribution in [1.29, 1.82) is 0 Å². The Kier molecular flexibility index (Phi) is 7.97. The van der Waals surface area contributed by atoms with Crippen molar-refractivity contribution in [3.8, 4) is 0 Å². The topological polar surface area (TPSA) is 81.6 Å². The maximum absolute atomic E-state index is 11.5. The van der Waals surface area contributed by atoms with Crippen molar-refractivity contribution < 1.29 is 9.53 Å². The van der Waals surface area contributed by atoms with Crippen LogP contribution in [0.5, 0.6) is 0 Å². The molecule has 5 heteroatoms. The minimum atomic E-state index is -0.293. The molecule has 0 amide bonds. The molecule has 1 aromatic carbocycles. The summed E-state index contributed by atoms with van der Waals surface area (Å²) in [6, 6.07) is 7.74. The minimum absolute atomic E-state index is 0.152. The molecule has 0 saturated heterocycles. The van der Waals surface area contributed by atoms with Crippen molar-refractivity contribution in [3.63, 3.8) is 0 Å². The van der Waals surface area contributed by atoms with Crippen molar-refractivity contribution in [2.45, 2.75) is 25.8 Å². The summed E-state index contributed by atoms with van der Waals surface area (Å²) >= 11 is 0. The van der Waals surface area contributed by atoms with E-state index in [-0.39, 0.29) is 12.0 Å². The summed E-state index contributed by atoms with van der Waals surface area (Å²) in [6.07, 6.45) is 1.93. The van der Waals surface area contributed by atoms with Crippen LogP contribution in [0.2, 0.25) is 0 Å². The van der Waals surface area contributed by atoms with Crippen molar-refractivity contribution in [1.82, 2.24) is 4.90 Å². The van der Waals surface area contributed by atoms with Gasteiger partial charge < -0.3 is 21.1 Å². The second-order valence-electron chi connectivity index (χ2n) is 5.36. The van der Waals surface area contributed by atoms with Crippen LogP contribution >= 0.6 is 0 Å². The number of rotatable bonds is 9. The van der Waals surface area contributed by atoms with E-state index < -0.39 is 0 Å². The zero-order valence-electron chi connectivity index (χ0n) is 13.0. The first-order valence-corrected chi connectivity index (χ1v) is 7.42. The molecule has 21 heavy (non-hydrogen) atoms. The van der Waals surface area contributed by atoms with E-state index >= 15 is 0 Å². The van der Waals surface area contributed by atoms with E-state index in [0.29, 0.717) is 12.1 Å². The molecule has 5 nitrogen and oxygen atoms in total. The summed E-state index contributed by atoms with van der Waals surface area (Å²) in [6.45, 7) is 5.33. The monoisotopic (exact) mass is 293 g/mol. The smallest absolute Gasteiger partial charge is 0.337 e. The molecule has 0 aliphatic carbocycles. The molecular weight excluding hydrogens is 266 g/mol. The van der Waals surface area contributed by atoms with Crippen LogP contribution in [-0.2, 0) is 11.2 Å². The van der Waals surface area contributed by atoms with Gasteiger partial charge in [-0.1, -0.05) is 12.1 Å². The van der Waals surface area contributed by atoms with Gasteiger partial charge >= 0.3 is 5.97 Å². The Bertz CT molecular complexity index is 435. The highest BCUT2D eigenvalue weighted by molar-refractivity contribution is 5.89. The van der Waals surface area contributed by atoms with Gasteiger partial charge in [-0.05, 0) is 44.0 Å². The second kappa shape index (κ2) is 9.50. The van der Waals surface area contributed by atoms with Gasteiger partial charge in [0.1, 0.15) is 0 Å². The third-order valence-corrected chi connectivity index (χ3v) is 3.28. The van der Waals surface area contributed by atoms with Gasteiger partial charge in [-0.2, -0.15) is 0 Å². The zero-order valence-corrected chi connectivity index (χ0v) is 13.0. The number of esters is 1. The Labute approximate surface area is 127 Å². The molecule has 0 bridgehead atoms. The number of ether oxygens (including phenoxy) is 1. The van der Waals surface area contributed by atoms with Crippen LogP contribution in [0.4, 0.5) is 0 Å². The summed E-state index contributed by atoms with van der Waals surface area (Å²) in [4.78, 5) is 13.8. The summed E-state index contributed by atoms with van der Waals surface area (Å²) in [7, 11) is 1.40. The van der Waals surface area contributed by atoms with E-state index in [4.69, 9.17) is 16.2 Å². The van der Waals surface area contributed by atoms with E-state index in [1.165, 1.54) is 7.11 Å². The third kappa shape index (κ3) is 6.71. The molecule has 0 heterocycles. The molecule has 0 fully saturated rings. The molecule has 1 rings (SSSR count). The van der Waals surface area contributed by atoms with Crippen LogP contribution in [0.15, 0.2) is 24.3 Å². The van der Waals surface area contributed by atoms with Crippen LogP contribution in [0.25, 0.3) is 0 Å². The molecule has 0 aliphatic heterocycles. The van der Waals surface area contributed by atoms with E-state index in [1.807, 2.05) is 25.1 Å². The summed E-state index contributed by atoms with van der Waals surface area (Å²) in [5.74, 6) is -0.293. The normalized spacial score (nSPS) is 12.4. The van der Waals surface area contributed by atoms with Gasteiger partial charge in [0.05, 0.1) is 12.7 Å². The Morgan fingerprint density at radius 3 is 2.76 bits per heavy atom. The van der Waals surface area contributed by atoms with Crippen LogP contribution in [0.3, 0.4) is 0 Å². The first kappa shape index (κ1) is 17.6. The Morgan fingerprint density at radius 2 is 2.14 bits per heavy atom. The Hall–Kier alpha value is -1.43. The Balaban J connectivity index is 2.48. The average Bonchev–Trinajstić information content (AvgIpc) is 2.46. The van der Waals surface area contributed by atoms with Crippen LogP contribution in [-0.4, -0.2) is 50.2 Å². The number of carbonyl (C=O) groups is 1. The van der Waals surface area contributed by atoms with Gasteiger partial charge in [0.15, 0.2) is 0 Å². The standard InChI is InChI=1S/C16H27N3O2/c1-13(18)12-19(10-8-17)9-4-6-14-5-3-7-15(11-14)16(20)21-2/h3,5,7,11,13H,4,6,8-10,12,17-18H2,1-2H3/t13-/m0/s1. The van der Waals surface area contributed by atoms with E-state index in [1.54, 1.807) is 6.07 Å². The predicted molar refractivity (Wildman–Crippen MR) is 85.2 cm³/mol. The molecule has 0 aliphatic rings. The summed E-state index contributed by atoms with van der Waals surface area (Å²) < 4.78 is 4.73. The SMILES string of the molecule is COC(=O)c1cccc(CCCN(CCN)C[C@H](C)N)c1. The lowest BCUT2D eigenvalue weighted by Crippen LogP contribution is -2.39. The molecule has 118 valence electrons. The number of hydrogen-bond donors (Lipinski definition) is 2. The maximum Gasteiger partial charge on any atom is 0.337 e. The quantitative estimate of drug-likeness (QED) is 0.664. The lowest BCUT2D eigenvalue weighted by atomic mass is 10.1. The maximum atomic E-state index is 11.5. The highest BCUT2D eigenvalue weighted by Crippen LogP contribution is 2.09. The summed E-state index contributed by atoms with van der Waals surface area (Å²) in [5, 5.41) is 0.